The lowest BCUT2D eigenvalue weighted by molar-refractivity contribution is 0.501. The van der Waals surface area contributed by atoms with Gasteiger partial charge in [-0.25, -0.2) is 9.07 Å². The van der Waals surface area contributed by atoms with Crippen LogP contribution in [0.25, 0.3) is 27.9 Å². The Morgan fingerprint density at radius 3 is 2.34 bits per heavy atom. The van der Waals surface area contributed by atoms with Crippen molar-refractivity contribution in [1.29, 1.82) is 0 Å². The summed E-state index contributed by atoms with van der Waals surface area (Å²) >= 11 is 0. The number of rotatable bonds is 4. The van der Waals surface area contributed by atoms with Gasteiger partial charge in [-0.15, -0.1) is 0 Å². The molecule has 1 saturated heterocycles. The Morgan fingerprint density at radius 2 is 1.69 bits per heavy atom. The number of halogens is 1. The van der Waals surface area contributed by atoms with E-state index in [-0.39, 0.29) is 11.9 Å². The number of aromatic nitrogens is 3. The van der Waals surface area contributed by atoms with Gasteiger partial charge in [0.1, 0.15) is 5.82 Å². The summed E-state index contributed by atoms with van der Waals surface area (Å²) in [6.45, 7) is 3.65. The first-order valence-corrected chi connectivity index (χ1v) is 10.9. The van der Waals surface area contributed by atoms with Gasteiger partial charge in [0.15, 0.2) is 0 Å². The number of anilines is 1. The SMILES string of the molecule is Cc1cc(F)cc(-c2cncc(-c3ccc(-n4cccn4)cc3)c2N2CCC(N)CC2)c1. The second kappa shape index (κ2) is 8.55. The Bertz CT molecular complexity index is 1190. The molecule has 0 amide bonds. The normalized spacial score (nSPS) is 14.7. The van der Waals surface area contributed by atoms with E-state index in [4.69, 9.17) is 5.73 Å². The highest BCUT2D eigenvalue weighted by molar-refractivity contribution is 5.90. The van der Waals surface area contributed by atoms with Crippen molar-refractivity contribution in [3.8, 4) is 27.9 Å². The molecule has 162 valence electrons. The first-order valence-electron chi connectivity index (χ1n) is 10.9. The van der Waals surface area contributed by atoms with E-state index in [0.29, 0.717) is 0 Å². The van der Waals surface area contributed by atoms with Crippen LogP contribution in [0.5, 0.6) is 0 Å². The van der Waals surface area contributed by atoms with E-state index in [1.807, 2.05) is 42.3 Å². The first kappa shape index (κ1) is 20.4. The van der Waals surface area contributed by atoms with Crippen LogP contribution in [0.15, 0.2) is 73.3 Å². The molecule has 2 aromatic carbocycles. The standard InChI is InChI=1S/C26H26FN5/c1-18-13-20(15-21(27)14-18)25-17-29-16-24(26(25)31-11-7-22(28)8-12-31)19-3-5-23(6-4-19)32-10-2-9-30-32/h2-6,9-10,13-17,22H,7-8,11-12,28H2,1H3. The van der Waals surface area contributed by atoms with Crippen molar-refractivity contribution in [2.45, 2.75) is 25.8 Å². The Labute approximate surface area is 187 Å². The highest BCUT2D eigenvalue weighted by atomic mass is 19.1. The third-order valence-corrected chi connectivity index (χ3v) is 6.07. The van der Waals surface area contributed by atoms with E-state index in [2.05, 4.69) is 39.2 Å². The van der Waals surface area contributed by atoms with Crippen LogP contribution in [-0.4, -0.2) is 33.9 Å². The van der Waals surface area contributed by atoms with Gasteiger partial charge in [-0.3, -0.25) is 4.98 Å². The van der Waals surface area contributed by atoms with Gasteiger partial charge < -0.3 is 10.6 Å². The Balaban J connectivity index is 1.63. The summed E-state index contributed by atoms with van der Waals surface area (Å²) in [6, 6.07) is 15.6. The molecule has 6 heteroatoms. The van der Waals surface area contributed by atoms with Gasteiger partial charge in [-0.1, -0.05) is 18.2 Å². The summed E-state index contributed by atoms with van der Waals surface area (Å²) in [4.78, 5) is 6.92. The zero-order valence-electron chi connectivity index (χ0n) is 18.1. The van der Waals surface area contributed by atoms with Crippen LogP contribution in [-0.2, 0) is 0 Å². The molecule has 4 aromatic rings. The lowest BCUT2D eigenvalue weighted by Crippen LogP contribution is -2.40. The summed E-state index contributed by atoms with van der Waals surface area (Å²) < 4.78 is 16.1. The van der Waals surface area contributed by atoms with Crippen LogP contribution in [0.1, 0.15) is 18.4 Å². The number of piperidine rings is 1. The molecule has 5 nitrogen and oxygen atoms in total. The smallest absolute Gasteiger partial charge is 0.124 e. The number of nitrogens with zero attached hydrogens (tertiary/aromatic N) is 4. The van der Waals surface area contributed by atoms with Crippen molar-refractivity contribution in [1.82, 2.24) is 14.8 Å². The predicted octanol–water partition coefficient (Wildman–Crippen LogP) is 4.98. The van der Waals surface area contributed by atoms with Gasteiger partial charge in [0.25, 0.3) is 0 Å². The molecule has 1 aliphatic heterocycles. The number of aryl methyl sites for hydroxylation is 1. The summed E-state index contributed by atoms with van der Waals surface area (Å²) in [5, 5.41) is 4.31. The second-order valence-corrected chi connectivity index (χ2v) is 8.42. The first-order chi connectivity index (χ1) is 15.6. The monoisotopic (exact) mass is 427 g/mol. The molecule has 2 N–H and O–H groups in total. The van der Waals surface area contributed by atoms with Crippen LogP contribution in [0.3, 0.4) is 0 Å². The fourth-order valence-electron chi connectivity index (χ4n) is 4.45. The largest absolute Gasteiger partial charge is 0.370 e. The van der Waals surface area contributed by atoms with Crippen molar-refractivity contribution < 1.29 is 4.39 Å². The lowest BCUT2D eigenvalue weighted by atomic mass is 9.95. The average Bonchev–Trinajstić information content (AvgIpc) is 3.34. The number of nitrogens with two attached hydrogens (primary N) is 1. The van der Waals surface area contributed by atoms with Crippen molar-refractivity contribution in [2.24, 2.45) is 5.73 Å². The molecule has 3 heterocycles. The Kier molecular flexibility index (Phi) is 5.45. The minimum Gasteiger partial charge on any atom is -0.370 e. The summed E-state index contributed by atoms with van der Waals surface area (Å²) in [6.07, 6.45) is 9.30. The van der Waals surface area contributed by atoms with Crippen LogP contribution < -0.4 is 10.6 Å². The number of hydrogen-bond donors (Lipinski definition) is 1. The van der Waals surface area contributed by atoms with Gasteiger partial charge in [0.05, 0.1) is 11.4 Å². The molecule has 1 aliphatic rings. The van der Waals surface area contributed by atoms with Gasteiger partial charge in [-0.05, 0) is 66.8 Å². The second-order valence-electron chi connectivity index (χ2n) is 8.42. The Morgan fingerprint density at radius 1 is 0.969 bits per heavy atom. The van der Waals surface area contributed by atoms with Crippen molar-refractivity contribution in [3.05, 3.63) is 84.7 Å². The van der Waals surface area contributed by atoms with Crippen LogP contribution >= 0.6 is 0 Å². The van der Waals surface area contributed by atoms with E-state index >= 15 is 0 Å². The number of pyridine rings is 1. The molecule has 32 heavy (non-hydrogen) atoms. The van der Waals surface area contributed by atoms with Crippen LogP contribution in [0.2, 0.25) is 0 Å². The third-order valence-electron chi connectivity index (χ3n) is 6.07. The highest BCUT2D eigenvalue weighted by Gasteiger charge is 2.23. The van der Waals surface area contributed by atoms with Crippen molar-refractivity contribution in [2.75, 3.05) is 18.0 Å². The number of hydrogen-bond acceptors (Lipinski definition) is 4. The summed E-state index contributed by atoms with van der Waals surface area (Å²) in [5.74, 6) is -0.236. The number of benzene rings is 2. The topological polar surface area (TPSA) is 60.0 Å². The van der Waals surface area contributed by atoms with Crippen LogP contribution in [0.4, 0.5) is 10.1 Å². The van der Waals surface area contributed by atoms with Crippen molar-refractivity contribution >= 4 is 5.69 Å². The van der Waals surface area contributed by atoms with E-state index in [1.54, 1.807) is 18.3 Å². The molecular formula is C26H26FN5. The quantitative estimate of drug-likeness (QED) is 0.499. The van der Waals surface area contributed by atoms with E-state index in [9.17, 15) is 4.39 Å². The molecule has 1 fully saturated rings. The van der Waals surface area contributed by atoms with Gasteiger partial charge in [-0.2, -0.15) is 5.10 Å². The highest BCUT2D eigenvalue weighted by Crippen LogP contribution is 2.40. The molecule has 0 bridgehead atoms. The Hall–Kier alpha value is -3.51. The molecular weight excluding hydrogens is 401 g/mol. The molecule has 0 spiro atoms. The van der Waals surface area contributed by atoms with Gasteiger partial charge in [0, 0.05) is 55.0 Å². The minimum absolute atomic E-state index is 0.227. The fourth-order valence-corrected chi connectivity index (χ4v) is 4.45. The third kappa shape index (κ3) is 4.01. The molecule has 0 radical (unpaired) electrons. The molecule has 0 unspecified atom stereocenters. The average molecular weight is 428 g/mol. The van der Waals surface area contributed by atoms with Crippen molar-refractivity contribution in [3.63, 3.8) is 0 Å². The fraction of sp³-hybridized carbons (Fsp3) is 0.231. The van der Waals surface area contributed by atoms with E-state index in [1.165, 1.54) is 0 Å². The molecule has 0 aliphatic carbocycles. The van der Waals surface area contributed by atoms with E-state index < -0.39 is 0 Å². The molecule has 0 atom stereocenters. The molecule has 0 saturated carbocycles. The molecule has 5 rings (SSSR count). The molecule has 2 aromatic heterocycles. The minimum atomic E-state index is -0.236. The predicted molar refractivity (Wildman–Crippen MR) is 126 cm³/mol. The van der Waals surface area contributed by atoms with Gasteiger partial charge in [0.2, 0.25) is 0 Å². The van der Waals surface area contributed by atoms with E-state index in [0.717, 1.165) is 65.1 Å². The van der Waals surface area contributed by atoms with Gasteiger partial charge >= 0.3 is 0 Å². The maximum absolute atomic E-state index is 14.3. The van der Waals surface area contributed by atoms with Crippen LogP contribution in [0, 0.1) is 12.7 Å². The maximum atomic E-state index is 14.3. The zero-order valence-corrected chi connectivity index (χ0v) is 18.1. The maximum Gasteiger partial charge on any atom is 0.124 e. The lowest BCUT2D eigenvalue weighted by Gasteiger charge is -2.35. The summed E-state index contributed by atoms with van der Waals surface area (Å²) in [7, 11) is 0. The zero-order chi connectivity index (χ0) is 22.1. The summed E-state index contributed by atoms with van der Waals surface area (Å²) in [5.41, 5.74) is 13.0.